The average molecular weight is 130 g/mol. The lowest BCUT2D eigenvalue weighted by atomic mass is 10.4. The van der Waals surface area contributed by atoms with Crippen LogP contribution in [0.25, 0.3) is 0 Å². The molecular formula is C10H10. The highest BCUT2D eigenvalue weighted by molar-refractivity contribution is 5.27. The molecular weight excluding hydrogens is 120 g/mol. The number of hydrogen-bond acceptors (Lipinski definition) is 0. The molecule has 0 aliphatic rings. The fraction of sp³-hybridized carbons (Fsp3) is 0.400. The second-order valence-corrected chi connectivity index (χ2v) is 1.56. The molecule has 0 spiro atoms. The van der Waals surface area contributed by atoms with Gasteiger partial charge >= 0.3 is 0 Å². The predicted octanol–water partition coefficient (Wildman–Crippen LogP) is 1.82. The lowest BCUT2D eigenvalue weighted by molar-refractivity contribution is 1.28. The van der Waals surface area contributed by atoms with Crippen LogP contribution in [0.2, 0.25) is 0 Å². The van der Waals surface area contributed by atoms with Gasteiger partial charge in [0.05, 0.1) is 6.42 Å². The van der Waals surface area contributed by atoms with Crippen LogP contribution in [0.5, 0.6) is 0 Å². The fourth-order valence-electron chi connectivity index (χ4n) is 0.354. The van der Waals surface area contributed by atoms with E-state index in [1.807, 2.05) is 6.92 Å². The van der Waals surface area contributed by atoms with Gasteiger partial charge in [-0.25, -0.2) is 0 Å². The molecule has 50 valence electrons. The van der Waals surface area contributed by atoms with Crippen molar-refractivity contribution in [2.24, 2.45) is 0 Å². The summed E-state index contributed by atoms with van der Waals surface area (Å²) >= 11 is 0. The summed E-state index contributed by atoms with van der Waals surface area (Å²) in [6, 6.07) is 0. The van der Waals surface area contributed by atoms with E-state index >= 15 is 0 Å². The Labute approximate surface area is 63.0 Å². The van der Waals surface area contributed by atoms with Gasteiger partial charge in [0.1, 0.15) is 0 Å². The van der Waals surface area contributed by atoms with E-state index in [1.165, 1.54) is 0 Å². The Morgan fingerprint density at radius 2 is 1.70 bits per heavy atom. The highest BCUT2D eigenvalue weighted by Crippen LogP contribution is 1.69. The van der Waals surface area contributed by atoms with Gasteiger partial charge in [0.2, 0.25) is 0 Å². The van der Waals surface area contributed by atoms with E-state index < -0.39 is 0 Å². The van der Waals surface area contributed by atoms with Gasteiger partial charge in [0.15, 0.2) is 0 Å². The van der Waals surface area contributed by atoms with Crippen LogP contribution >= 0.6 is 0 Å². The molecule has 0 rings (SSSR count). The third-order valence-corrected chi connectivity index (χ3v) is 0.770. The minimum Gasteiger partial charge on any atom is -0.106 e. The van der Waals surface area contributed by atoms with E-state index in [-0.39, 0.29) is 0 Å². The van der Waals surface area contributed by atoms with E-state index in [0.29, 0.717) is 6.42 Å². The molecule has 0 aliphatic carbocycles. The fourth-order valence-corrected chi connectivity index (χ4v) is 0.354. The number of rotatable bonds is 0. The Kier molecular flexibility index (Phi) is 6.67. The van der Waals surface area contributed by atoms with Gasteiger partial charge < -0.3 is 0 Å². The molecule has 0 saturated heterocycles. The summed E-state index contributed by atoms with van der Waals surface area (Å²) in [5.74, 6) is 16.7. The first-order valence-electron chi connectivity index (χ1n) is 3.27. The van der Waals surface area contributed by atoms with Gasteiger partial charge in [-0.3, -0.25) is 0 Å². The van der Waals surface area contributed by atoms with Crippen LogP contribution in [0.1, 0.15) is 26.7 Å². The van der Waals surface area contributed by atoms with Crippen molar-refractivity contribution in [1.82, 2.24) is 0 Å². The maximum atomic E-state index is 2.85. The Balaban J connectivity index is 3.57. The first-order chi connectivity index (χ1) is 4.91. The van der Waals surface area contributed by atoms with Gasteiger partial charge in [0, 0.05) is 6.42 Å². The quantitative estimate of drug-likeness (QED) is 0.439. The average Bonchev–Trinajstić information content (AvgIpc) is 1.97. The molecule has 0 unspecified atom stereocenters. The van der Waals surface area contributed by atoms with Crippen LogP contribution in [-0.4, -0.2) is 0 Å². The van der Waals surface area contributed by atoms with Crippen LogP contribution in [0.15, 0.2) is 0 Å². The van der Waals surface area contributed by atoms with Crippen LogP contribution in [-0.2, 0) is 0 Å². The summed E-state index contributed by atoms with van der Waals surface area (Å²) in [5, 5.41) is 0. The van der Waals surface area contributed by atoms with Crippen molar-refractivity contribution in [2.45, 2.75) is 26.7 Å². The first-order valence-corrected chi connectivity index (χ1v) is 3.27. The zero-order chi connectivity index (χ0) is 7.66. The molecule has 0 nitrogen and oxygen atoms in total. The summed E-state index contributed by atoms with van der Waals surface area (Å²) in [5.41, 5.74) is 0. The molecule has 0 heterocycles. The highest BCUT2D eigenvalue weighted by Gasteiger charge is 1.61. The largest absolute Gasteiger partial charge is 0.106 e. The summed E-state index contributed by atoms with van der Waals surface area (Å²) in [6.07, 6.45) is 1.50. The molecule has 0 aromatic carbocycles. The summed E-state index contributed by atoms with van der Waals surface area (Å²) in [7, 11) is 0. The Hall–Kier alpha value is -1.32. The third kappa shape index (κ3) is 6.68. The maximum absolute atomic E-state index is 2.85. The molecule has 0 amide bonds. The van der Waals surface area contributed by atoms with E-state index in [9.17, 15) is 0 Å². The van der Waals surface area contributed by atoms with Crippen LogP contribution in [0.3, 0.4) is 0 Å². The molecule has 0 fully saturated rings. The normalized spacial score (nSPS) is 5.40. The monoisotopic (exact) mass is 130 g/mol. The van der Waals surface area contributed by atoms with Crippen molar-refractivity contribution in [3.8, 4) is 35.5 Å². The van der Waals surface area contributed by atoms with Gasteiger partial charge in [-0.1, -0.05) is 24.7 Å². The van der Waals surface area contributed by atoms with E-state index in [2.05, 4.69) is 35.5 Å². The Morgan fingerprint density at radius 1 is 1.00 bits per heavy atom. The molecule has 0 atom stereocenters. The smallest absolute Gasteiger partial charge is 0.0712 e. The molecule has 0 aliphatic heterocycles. The molecule has 0 aromatic heterocycles. The standard InChI is InChI=1S/C10H10/c1-3-5-7-9-10-8-6-4-2/h3,8H2,1-2H3. The van der Waals surface area contributed by atoms with E-state index in [4.69, 9.17) is 0 Å². The van der Waals surface area contributed by atoms with Gasteiger partial charge in [-0.2, -0.15) is 0 Å². The zero-order valence-electron chi connectivity index (χ0n) is 6.41. The summed E-state index contributed by atoms with van der Waals surface area (Å²) in [4.78, 5) is 0. The van der Waals surface area contributed by atoms with Crippen LogP contribution in [0.4, 0.5) is 0 Å². The highest BCUT2D eigenvalue weighted by atomic mass is 13.6. The Bertz CT molecular complexity index is 239. The maximum Gasteiger partial charge on any atom is 0.0712 e. The van der Waals surface area contributed by atoms with Crippen LogP contribution in [0, 0.1) is 35.5 Å². The molecule has 0 N–H and O–H groups in total. The lowest BCUT2D eigenvalue weighted by Gasteiger charge is -1.65. The molecule has 10 heavy (non-hydrogen) atoms. The van der Waals surface area contributed by atoms with Crippen molar-refractivity contribution < 1.29 is 0 Å². The second kappa shape index (κ2) is 7.68. The van der Waals surface area contributed by atoms with E-state index in [1.54, 1.807) is 6.92 Å². The third-order valence-electron chi connectivity index (χ3n) is 0.770. The van der Waals surface area contributed by atoms with Crippen molar-refractivity contribution in [3.63, 3.8) is 0 Å². The molecule has 0 aromatic rings. The molecule has 0 radical (unpaired) electrons. The molecule has 0 saturated carbocycles. The van der Waals surface area contributed by atoms with Gasteiger partial charge in [-0.05, 0) is 18.8 Å². The van der Waals surface area contributed by atoms with Crippen molar-refractivity contribution in [1.29, 1.82) is 0 Å². The topological polar surface area (TPSA) is 0 Å². The summed E-state index contributed by atoms with van der Waals surface area (Å²) in [6.45, 7) is 3.81. The van der Waals surface area contributed by atoms with Crippen molar-refractivity contribution in [3.05, 3.63) is 0 Å². The molecule has 0 heteroatoms. The number of hydrogen-bond donors (Lipinski definition) is 0. The predicted molar refractivity (Wildman–Crippen MR) is 43.9 cm³/mol. The minimum absolute atomic E-state index is 0.634. The Morgan fingerprint density at radius 3 is 2.30 bits per heavy atom. The van der Waals surface area contributed by atoms with E-state index in [0.717, 1.165) is 6.42 Å². The lowest BCUT2D eigenvalue weighted by Crippen LogP contribution is -1.58. The zero-order valence-corrected chi connectivity index (χ0v) is 6.41. The van der Waals surface area contributed by atoms with Crippen molar-refractivity contribution in [2.75, 3.05) is 0 Å². The SMILES string of the molecule is CC#CCC#CC#CCC. The van der Waals surface area contributed by atoms with Crippen molar-refractivity contribution >= 4 is 0 Å². The van der Waals surface area contributed by atoms with Gasteiger partial charge in [-0.15, -0.1) is 5.92 Å². The first kappa shape index (κ1) is 8.68. The van der Waals surface area contributed by atoms with Crippen LogP contribution < -0.4 is 0 Å². The molecule has 0 bridgehead atoms. The summed E-state index contributed by atoms with van der Waals surface area (Å²) < 4.78 is 0. The van der Waals surface area contributed by atoms with Gasteiger partial charge in [0.25, 0.3) is 0 Å². The second-order valence-electron chi connectivity index (χ2n) is 1.56. The minimum atomic E-state index is 0.634.